The summed E-state index contributed by atoms with van der Waals surface area (Å²) in [6.45, 7) is 0. The van der Waals surface area contributed by atoms with Crippen LogP contribution in [0.25, 0.3) is 90.5 Å². The summed E-state index contributed by atoms with van der Waals surface area (Å²) in [6, 6.07) is 63.3. The van der Waals surface area contributed by atoms with Crippen LogP contribution < -0.4 is 0 Å². The van der Waals surface area contributed by atoms with Crippen molar-refractivity contribution in [2.45, 2.75) is 0 Å². The van der Waals surface area contributed by atoms with E-state index in [0.29, 0.717) is 17.5 Å². The van der Waals surface area contributed by atoms with Crippen molar-refractivity contribution < 1.29 is 0 Å². The highest BCUT2D eigenvalue weighted by Crippen LogP contribution is 2.34. The summed E-state index contributed by atoms with van der Waals surface area (Å²) in [5.74, 6) is 1.88. The standard InChI is InChI=1S/C48H32N6/c1-4-15-33(16-5-1)38-31-44(42-23-12-13-30-49-42)51-45(32-38)43-25-14-24-41(50-43)35-28-26-34(27-29-35)39-21-10-11-22-40(39)48-53-46(36-17-6-2-7-18-36)52-47(54-48)37-19-8-3-9-20-37/h1-32H. The Balaban J connectivity index is 1.08. The number of hydrogen-bond donors (Lipinski definition) is 0. The third-order valence-electron chi connectivity index (χ3n) is 9.23. The zero-order valence-corrected chi connectivity index (χ0v) is 29.2. The van der Waals surface area contributed by atoms with E-state index in [2.05, 4.69) is 65.6 Å². The maximum absolute atomic E-state index is 5.12. The van der Waals surface area contributed by atoms with Crippen LogP contribution in [0.2, 0.25) is 0 Å². The van der Waals surface area contributed by atoms with Crippen LogP contribution in [0.5, 0.6) is 0 Å². The van der Waals surface area contributed by atoms with Crippen molar-refractivity contribution in [2.75, 3.05) is 0 Å². The zero-order chi connectivity index (χ0) is 36.1. The predicted octanol–water partition coefficient (Wildman–Crippen LogP) is 11.4. The lowest BCUT2D eigenvalue weighted by Gasteiger charge is -2.13. The molecule has 0 fully saturated rings. The Morgan fingerprint density at radius 3 is 1.35 bits per heavy atom. The molecule has 0 amide bonds. The van der Waals surface area contributed by atoms with Gasteiger partial charge in [-0.05, 0) is 58.7 Å². The Morgan fingerprint density at radius 2 is 0.722 bits per heavy atom. The second-order valence-corrected chi connectivity index (χ2v) is 12.8. The van der Waals surface area contributed by atoms with E-state index in [4.69, 9.17) is 24.9 Å². The lowest BCUT2D eigenvalue weighted by atomic mass is 9.97. The fraction of sp³-hybridized carbons (Fsp3) is 0. The Morgan fingerprint density at radius 1 is 0.241 bits per heavy atom. The summed E-state index contributed by atoms with van der Waals surface area (Å²) in [6.07, 6.45) is 1.79. The Bertz CT molecular complexity index is 2570. The maximum atomic E-state index is 5.12. The Hall–Kier alpha value is -7.44. The smallest absolute Gasteiger partial charge is 0.164 e. The molecule has 9 rings (SSSR count). The van der Waals surface area contributed by atoms with Gasteiger partial charge in [-0.25, -0.2) is 24.9 Å². The molecule has 0 aliphatic carbocycles. The monoisotopic (exact) mass is 692 g/mol. The number of benzene rings is 5. The van der Waals surface area contributed by atoms with Crippen LogP contribution in [-0.4, -0.2) is 29.9 Å². The average molecular weight is 693 g/mol. The molecule has 0 atom stereocenters. The minimum absolute atomic E-state index is 0.618. The molecular weight excluding hydrogens is 661 g/mol. The highest BCUT2D eigenvalue weighted by atomic mass is 15.0. The number of pyridine rings is 3. The Kier molecular flexibility index (Phi) is 8.81. The fourth-order valence-corrected chi connectivity index (χ4v) is 6.52. The van der Waals surface area contributed by atoms with E-state index >= 15 is 0 Å². The van der Waals surface area contributed by atoms with Crippen molar-refractivity contribution in [1.29, 1.82) is 0 Å². The maximum Gasteiger partial charge on any atom is 0.164 e. The SMILES string of the molecule is c1ccc(-c2cc(-c3ccccn3)nc(-c3cccc(-c4ccc(-c5ccccc5-c5nc(-c6ccccc6)nc(-c6ccccc6)n5)cc4)n3)c2)cc1. The molecule has 0 saturated heterocycles. The van der Waals surface area contributed by atoms with Crippen LogP contribution in [0, 0.1) is 0 Å². The number of hydrogen-bond acceptors (Lipinski definition) is 6. The van der Waals surface area contributed by atoms with Gasteiger partial charge in [0.05, 0.1) is 28.5 Å². The summed E-state index contributed by atoms with van der Waals surface area (Å²) < 4.78 is 0. The lowest BCUT2D eigenvalue weighted by Crippen LogP contribution is -2.01. The van der Waals surface area contributed by atoms with Gasteiger partial charge in [-0.1, -0.05) is 152 Å². The van der Waals surface area contributed by atoms with Crippen molar-refractivity contribution >= 4 is 0 Å². The third-order valence-corrected chi connectivity index (χ3v) is 9.23. The second-order valence-electron chi connectivity index (χ2n) is 12.8. The molecule has 0 unspecified atom stereocenters. The summed E-state index contributed by atoms with van der Waals surface area (Å²) in [5, 5.41) is 0. The molecular formula is C48H32N6. The molecule has 6 heteroatoms. The van der Waals surface area contributed by atoms with Crippen LogP contribution in [0.3, 0.4) is 0 Å². The summed E-state index contributed by atoms with van der Waals surface area (Å²) >= 11 is 0. The number of aromatic nitrogens is 6. The van der Waals surface area contributed by atoms with Crippen LogP contribution in [0.4, 0.5) is 0 Å². The molecule has 254 valence electrons. The molecule has 5 aromatic carbocycles. The van der Waals surface area contributed by atoms with Crippen molar-refractivity contribution in [3.63, 3.8) is 0 Å². The van der Waals surface area contributed by atoms with Crippen molar-refractivity contribution in [2.24, 2.45) is 0 Å². The minimum Gasteiger partial charge on any atom is -0.255 e. The first-order valence-corrected chi connectivity index (χ1v) is 17.8. The summed E-state index contributed by atoms with van der Waals surface area (Å²) in [7, 11) is 0. The fourth-order valence-electron chi connectivity index (χ4n) is 6.52. The van der Waals surface area contributed by atoms with Crippen molar-refractivity contribution in [3.05, 3.63) is 194 Å². The molecule has 0 aliphatic rings. The second kappa shape index (κ2) is 14.7. The van der Waals surface area contributed by atoms with E-state index in [-0.39, 0.29) is 0 Å². The van der Waals surface area contributed by atoms with Crippen LogP contribution >= 0.6 is 0 Å². The van der Waals surface area contributed by atoms with E-state index in [1.807, 2.05) is 127 Å². The highest BCUT2D eigenvalue weighted by molar-refractivity contribution is 5.83. The average Bonchev–Trinajstić information content (AvgIpc) is 3.27. The summed E-state index contributed by atoms with van der Waals surface area (Å²) in [5.41, 5.74) is 12.1. The molecule has 0 aliphatic heterocycles. The molecule has 0 radical (unpaired) electrons. The van der Waals surface area contributed by atoms with Crippen molar-refractivity contribution in [1.82, 2.24) is 29.9 Å². The van der Waals surface area contributed by atoms with E-state index in [1.165, 1.54) is 0 Å². The zero-order valence-electron chi connectivity index (χ0n) is 29.2. The van der Waals surface area contributed by atoms with Gasteiger partial charge in [0.15, 0.2) is 17.5 Å². The molecule has 6 nitrogen and oxygen atoms in total. The van der Waals surface area contributed by atoms with Gasteiger partial charge >= 0.3 is 0 Å². The van der Waals surface area contributed by atoms with Crippen molar-refractivity contribution in [3.8, 4) is 90.5 Å². The first-order chi connectivity index (χ1) is 26.7. The first kappa shape index (κ1) is 32.5. The lowest BCUT2D eigenvalue weighted by molar-refractivity contribution is 1.07. The van der Waals surface area contributed by atoms with Gasteiger partial charge in [0, 0.05) is 28.5 Å². The molecule has 0 N–H and O–H groups in total. The minimum atomic E-state index is 0.618. The van der Waals surface area contributed by atoms with Crippen LogP contribution in [0.15, 0.2) is 194 Å². The van der Waals surface area contributed by atoms with Gasteiger partial charge in [-0.15, -0.1) is 0 Å². The quantitative estimate of drug-likeness (QED) is 0.158. The van der Waals surface area contributed by atoms with E-state index in [0.717, 1.165) is 73.0 Å². The molecule has 0 saturated carbocycles. The molecule has 54 heavy (non-hydrogen) atoms. The van der Waals surface area contributed by atoms with Crippen LogP contribution in [-0.2, 0) is 0 Å². The first-order valence-electron chi connectivity index (χ1n) is 17.8. The summed E-state index contributed by atoms with van der Waals surface area (Å²) in [4.78, 5) is 29.6. The Labute approximate surface area is 313 Å². The molecule has 9 aromatic rings. The van der Waals surface area contributed by atoms with Gasteiger partial charge in [0.2, 0.25) is 0 Å². The van der Waals surface area contributed by atoms with Crippen LogP contribution in [0.1, 0.15) is 0 Å². The van der Waals surface area contributed by atoms with Gasteiger partial charge in [-0.2, -0.15) is 0 Å². The van der Waals surface area contributed by atoms with Gasteiger partial charge in [0.25, 0.3) is 0 Å². The topological polar surface area (TPSA) is 77.3 Å². The van der Waals surface area contributed by atoms with Gasteiger partial charge < -0.3 is 0 Å². The predicted molar refractivity (Wildman–Crippen MR) is 217 cm³/mol. The molecule has 0 spiro atoms. The third kappa shape index (κ3) is 6.79. The molecule has 4 heterocycles. The molecule has 0 bridgehead atoms. The molecule has 4 aromatic heterocycles. The van der Waals surface area contributed by atoms with E-state index in [9.17, 15) is 0 Å². The van der Waals surface area contributed by atoms with Gasteiger partial charge in [-0.3, -0.25) is 4.98 Å². The normalized spacial score (nSPS) is 11.0. The van der Waals surface area contributed by atoms with Gasteiger partial charge in [0.1, 0.15) is 0 Å². The highest BCUT2D eigenvalue weighted by Gasteiger charge is 2.16. The number of nitrogens with zero attached hydrogens (tertiary/aromatic N) is 6. The largest absolute Gasteiger partial charge is 0.255 e. The number of rotatable bonds is 8. The van der Waals surface area contributed by atoms with E-state index < -0.39 is 0 Å². The van der Waals surface area contributed by atoms with E-state index in [1.54, 1.807) is 6.20 Å².